The Labute approximate surface area is 70.7 Å². The molecule has 1 aliphatic rings. The molecule has 0 radical (unpaired) electrons. The Morgan fingerprint density at radius 1 is 1.45 bits per heavy atom. The molecule has 0 aromatic rings. The van der Waals surface area contributed by atoms with E-state index >= 15 is 0 Å². The van der Waals surface area contributed by atoms with Crippen molar-refractivity contribution in [3.8, 4) is 0 Å². The normalized spacial score (nSPS) is 28.0. The quantitative estimate of drug-likeness (QED) is 0.528. The van der Waals surface area contributed by atoms with Gasteiger partial charge < -0.3 is 0 Å². The van der Waals surface area contributed by atoms with Gasteiger partial charge in [-0.1, -0.05) is 32.4 Å². The Balaban J connectivity index is 2.37. The van der Waals surface area contributed by atoms with Gasteiger partial charge in [-0.05, 0) is 37.5 Å². The third-order valence-corrected chi connectivity index (χ3v) is 3.00. The van der Waals surface area contributed by atoms with Crippen LogP contribution >= 0.6 is 0 Å². The molecule has 2 atom stereocenters. The number of hydrogen-bond acceptors (Lipinski definition) is 0. The fourth-order valence-corrected chi connectivity index (χ4v) is 1.85. The second kappa shape index (κ2) is 4.58. The maximum absolute atomic E-state index is 2.39. The Kier molecular flexibility index (Phi) is 3.68. The Morgan fingerprint density at radius 2 is 2.27 bits per heavy atom. The third-order valence-electron chi connectivity index (χ3n) is 3.00. The molecule has 0 N–H and O–H groups in total. The van der Waals surface area contributed by atoms with Gasteiger partial charge >= 0.3 is 0 Å². The summed E-state index contributed by atoms with van der Waals surface area (Å²) in [6.45, 7) is 4.70. The van der Waals surface area contributed by atoms with Gasteiger partial charge in [0.25, 0.3) is 0 Å². The molecule has 0 fully saturated rings. The van der Waals surface area contributed by atoms with E-state index < -0.39 is 0 Å². The van der Waals surface area contributed by atoms with E-state index in [1.807, 2.05) is 0 Å². The lowest BCUT2D eigenvalue weighted by atomic mass is 9.86. The minimum absolute atomic E-state index is 0.928. The lowest BCUT2D eigenvalue weighted by Gasteiger charge is -2.19. The van der Waals surface area contributed by atoms with Crippen LogP contribution in [0.15, 0.2) is 12.2 Å². The molecule has 1 rings (SSSR count). The van der Waals surface area contributed by atoms with Crippen molar-refractivity contribution in [2.24, 2.45) is 11.8 Å². The molecule has 1 aliphatic carbocycles. The zero-order valence-electron chi connectivity index (χ0n) is 7.84. The number of hydrogen-bond donors (Lipinski definition) is 0. The number of rotatable bonds is 2. The molecule has 0 bridgehead atoms. The van der Waals surface area contributed by atoms with Crippen molar-refractivity contribution in [3.05, 3.63) is 12.2 Å². The van der Waals surface area contributed by atoms with Crippen LogP contribution in [0.3, 0.4) is 0 Å². The summed E-state index contributed by atoms with van der Waals surface area (Å²) in [4.78, 5) is 0. The van der Waals surface area contributed by atoms with Gasteiger partial charge in [0, 0.05) is 0 Å². The summed E-state index contributed by atoms with van der Waals surface area (Å²) in [6.07, 6.45) is 11.6. The van der Waals surface area contributed by atoms with Crippen molar-refractivity contribution >= 4 is 0 Å². The summed E-state index contributed by atoms with van der Waals surface area (Å²) in [5.41, 5.74) is 0. The molecular formula is C11H20. The van der Waals surface area contributed by atoms with Crippen LogP contribution in [0.5, 0.6) is 0 Å². The first-order valence-corrected chi connectivity index (χ1v) is 4.99. The summed E-state index contributed by atoms with van der Waals surface area (Å²) in [5, 5.41) is 0. The minimum Gasteiger partial charge on any atom is -0.0885 e. The molecule has 11 heavy (non-hydrogen) atoms. The van der Waals surface area contributed by atoms with Crippen molar-refractivity contribution in [2.75, 3.05) is 0 Å². The van der Waals surface area contributed by atoms with Crippen molar-refractivity contribution < 1.29 is 0 Å². The van der Waals surface area contributed by atoms with Crippen molar-refractivity contribution in [1.82, 2.24) is 0 Å². The molecule has 0 heteroatoms. The zero-order chi connectivity index (χ0) is 8.10. The highest BCUT2D eigenvalue weighted by atomic mass is 14.2. The van der Waals surface area contributed by atoms with Gasteiger partial charge in [-0.2, -0.15) is 0 Å². The van der Waals surface area contributed by atoms with Gasteiger partial charge in [-0.15, -0.1) is 0 Å². The molecule has 2 unspecified atom stereocenters. The van der Waals surface area contributed by atoms with Crippen LogP contribution in [0.25, 0.3) is 0 Å². The van der Waals surface area contributed by atoms with Crippen LogP contribution in [0.4, 0.5) is 0 Å². The van der Waals surface area contributed by atoms with Crippen LogP contribution in [-0.4, -0.2) is 0 Å². The fraction of sp³-hybridized carbons (Fsp3) is 0.818. The lowest BCUT2D eigenvalue weighted by Crippen LogP contribution is -2.09. The van der Waals surface area contributed by atoms with Gasteiger partial charge in [0.1, 0.15) is 0 Å². The Morgan fingerprint density at radius 3 is 3.00 bits per heavy atom. The first kappa shape index (κ1) is 8.83. The zero-order valence-corrected chi connectivity index (χ0v) is 7.84. The van der Waals surface area contributed by atoms with E-state index in [4.69, 9.17) is 0 Å². The third kappa shape index (κ3) is 2.69. The summed E-state index contributed by atoms with van der Waals surface area (Å²) in [6, 6.07) is 0. The van der Waals surface area contributed by atoms with Gasteiger partial charge in [0.15, 0.2) is 0 Å². The maximum atomic E-state index is 2.39. The standard InChI is InChI=1S/C11H20/c1-3-10(2)11-8-6-4-5-7-9-11/h4,6,10-11H,3,5,7-9H2,1-2H3. The molecule has 0 aliphatic heterocycles. The highest BCUT2D eigenvalue weighted by Gasteiger charge is 2.14. The SMILES string of the molecule is CCC(C)C1CC=CCCC1. The molecule has 64 valence electrons. The predicted molar refractivity (Wildman–Crippen MR) is 50.6 cm³/mol. The lowest BCUT2D eigenvalue weighted by molar-refractivity contribution is 0.328. The molecule has 0 aromatic carbocycles. The molecule has 0 spiro atoms. The monoisotopic (exact) mass is 152 g/mol. The van der Waals surface area contributed by atoms with Gasteiger partial charge in [-0.3, -0.25) is 0 Å². The second-order valence-corrected chi connectivity index (χ2v) is 3.78. The van der Waals surface area contributed by atoms with Crippen LogP contribution in [0.1, 0.15) is 46.0 Å². The predicted octanol–water partition coefficient (Wildman–Crippen LogP) is 3.78. The first-order chi connectivity index (χ1) is 5.34. The van der Waals surface area contributed by atoms with Crippen LogP contribution in [-0.2, 0) is 0 Å². The van der Waals surface area contributed by atoms with E-state index in [1.165, 1.54) is 32.1 Å². The van der Waals surface area contributed by atoms with Crippen LogP contribution < -0.4 is 0 Å². The highest BCUT2D eigenvalue weighted by Crippen LogP contribution is 2.27. The van der Waals surface area contributed by atoms with Crippen LogP contribution in [0, 0.1) is 11.8 Å². The highest BCUT2D eigenvalue weighted by molar-refractivity contribution is 4.88. The van der Waals surface area contributed by atoms with E-state index in [2.05, 4.69) is 26.0 Å². The van der Waals surface area contributed by atoms with Crippen molar-refractivity contribution in [2.45, 2.75) is 46.0 Å². The molecule has 0 aromatic heterocycles. The second-order valence-electron chi connectivity index (χ2n) is 3.78. The molecule has 0 heterocycles. The summed E-state index contributed by atoms with van der Waals surface area (Å²) in [5.74, 6) is 1.90. The fourth-order valence-electron chi connectivity index (χ4n) is 1.85. The van der Waals surface area contributed by atoms with Crippen LogP contribution in [0.2, 0.25) is 0 Å². The average molecular weight is 152 g/mol. The van der Waals surface area contributed by atoms with Crippen molar-refractivity contribution in [1.29, 1.82) is 0 Å². The summed E-state index contributed by atoms with van der Waals surface area (Å²) >= 11 is 0. The summed E-state index contributed by atoms with van der Waals surface area (Å²) in [7, 11) is 0. The topological polar surface area (TPSA) is 0 Å². The van der Waals surface area contributed by atoms with E-state index in [1.54, 1.807) is 0 Å². The first-order valence-electron chi connectivity index (χ1n) is 4.99. The van der Waals surface area contributed by atoms with E-state index in [0.717, 1.165) is 11.8 Å². The average Bonchev–Trinajstić information content (AvgIpc) is 2.30. The largest absolute Gasteiger partial charge is 0.0885 e. The Hall–Kier alpha value is -0.260. The molecule has 0 saturated carbocycles. The molecule has 0 saturated heterocycles. The maximum Gasteiger partial charge on any atom is -0.0320 e. The van der Waals surface area contributed by atoms with E-state index in [9.17, 15) is 0 Å². The van der Waals surface area contributed by atoms with Gasteiger partial charge in [-0.25, -0.2) is 0 Å². The van der Waals surface area contributed by atoms with E-state index in [-0.39, 0.29) is 0 Å². The molecule has 0 nitrogen and oxygen atoms in total. The Bertz CT molecular complexity index is 124. The molecule has 0 amide bonds. The molecular weight excluding hydrogens is 132 g/mol. The van der Waals surface area contributed by atoms with Gasteiger partial charge in [0.2, 0.25) is 0 Å². The minimum atomic E-state index is 0.928. The smallest absolute Gasteiger partial charge is 0.0320 e. The summed E-state index contributed by atoms with van der Waals surface area (Å²) < 4.78 is 0. The number of allylic oxidation sites excluding steroid dienone is 2. The van der Waals surface area contributed by atoms with Crippen molar-refractivity contribution in [3.63, 3.8) is 0 Å². The van der Waals surface area contributed by atoms with Gasteiger partial charge in [0.05, 0.1) is 0 Å². The van der Waals surface area contributed by atoms with E-state index in [0.29, 0.717) is 0 Å².